The molecule has 2 N–H and O–H groups in total. The van der Waals surface area contributed by atoms with Gasteiger partial charge in [-0.3, -0.25) is 4.79 Å². The molecule has 1 aliphatic rings. The van der Waals surface area contributed by atoms with Gasteiger partial charge < -0.3 is 24.7 Å². The summed E-state index contributed by atoms with van der Waals surface area (Å²) in [7, 11) is 1.73. The van der Waals surface area contributed by atoms with Crippen LogP contribution in [0.1, 0.15) is 49.9 Å². The van der Waals surface area contributed by atoms with Gasteiger partial charge in [0, 0.05) is 69.6 Å². The second-order valence-electron chi connectivity index (χ2n) is 10.8. The molecule has 1 fully saturated rings. The number of methoxy groups -OCH3 is 1. The van der Waals surface area contributed by atoms with Crippen LogP contribution in [0.15, 0.2) is 66.9 Å². The molecule has 0 saturated carbocycles. The number of pyridine rings is 1. The third kappa shape index (κ3) is 7.13. The molecule has 3 heterocycles. The van der Waals surface area contributed by atoms with Gasteiger partial charge in [0.05, 0.1) is 17.6 Å². The van der Waals surface area contributed by atoms with Crippen molar-refractivity contribution in [2.45, 2.75) is 57.5 Å². The molecule has 0 spiro atoms. The van der Waals surface area contributed by atoms with Crippen molar-refractivity contribution in [3.05, 3.63) is 78.2 Å². The van der Waals surface area contributed by atoms with Gasteiger partial charge in [0.25, 0.3) is 0 Å². The topological polar surface area (TPSA) is 95.5 Å². The van der Waals surface area contributed by atoms with E-state index in [1.165, 1.54) is 0 Å². The number of rotatable bonds is 12. The number of benzene rings is 2. The lowest BCUT2D eigenvalue weighted by atomic mass is 9.95. The molecule has 5 rings (SSSR count). The van der Waals surface area contributed by atoms with E-state index >= 15 is 0 Å². The number of hydrogen-bond donors (Lipinski definition) is 1. The summed E-state index contributed by atoms with van der Waals surface area (Å²) >= 11 is 0. The fourth-order valence-electron chi connectivity index (χ4n) is 5.77. The van der Waals surface area contributed by atoms with Crippen molar-refractivity contribution in [3.8, 4) is 17.0 Å². The largest absolute Gasteiger partial charge is 0.478 e. The molecule has 2 aromatic heterocycles. The lowest BCUT2D eigenvalue weighted by molar-refractivity contribution is -0.132. The molecule has 1 amide bonds. The van der Waals surface area contributed by atoms with E-state index in [2.05, 4.69) is 52.0 Å². The summed E-state index contributed by atoms with van der Waals surface area (Å²) in [5.74, 6) is 2.04. The van der Waals surface area contributed by atoms with Crippen LogP contribution >= 0.6 is 0 Å². The summed E-state index contributed by atoms with van der Waals surface area (Å²) in [4.78, 5) is 24.7. The van der Waals surface area contributed by atoms with Gasteiger partial charge in [-0.2, -0.15) is 0 Å². The van der Waals surface area contributed by atoms with Crippen LogP contribution in [0.25, 0.3) is 22.2 Å². The summed E-state index contributed by atoms with van der Waals surface area (Å²) in [6.07, 6.45) is 5.73. The third-order valence-corrected chi connectivity index (χ3v) is 7.80. The third-order valence-electron chi connectivity index (χ3n) is 7.80. The highest BCUT2D eigenvalue weighted by Crippen LogP contribution is 2.30. The first kappa shape index (κ1) is 28.8. The van der Waals surface area contributed by atoms with Crippen LogP contribution in [0.3, 0.4) is 0 Å². The number of ether oxygens (including phenoxy) is 2. The van der Waals surface area contributed by atoms with Gasteiger partial charge in [0.1, 0.15) is 5.82 Å². The molecular weight excluding hydrogens is 514 g/mol. The molecule has 8 nitrogen and oxygen atoms in total. The Bertz CT molecular complexity index is 1420. The zero-order valence-corrected chi connectivity index (χ0v) is 24.2. The predicted molar refractivity (Wildman–Crippen MR) is 162 cm³/mol. The highest BCUT2D eigenvalue weighted by Gasteiger charge is 2.29. The SMILES string of the molecule is CCOc1ccc(-c2ccc(CC(N)CC(=O)N3CCCC(c4nc5ccccc5n4CCCOC)C3)cc2)cn1. The Labute approximate surface area is 242 Å². The van der Waals surface area contributed by atoms with Gasteiger partial charge in [-0.15, -0.1) is 0 Å². The van der Waals surface area contributed by atoms with Gasteiger partial charge in [-0.1, -0.05) is 36.4 Å². The van der Waals surface area contributed by atoms with E-state index in [1.807, 2.05) is 36.2 Å². The molecule has 0 radical (unpaired) electrons. The highest BCUT2D eigenvalue weighted by molar-refractivity contribution is 5.78. The lowest BCUT2D eigenvalue weighted by Gasteiger charge is -2.33. The van der Waals surface area contributed by atoms with E-state index in [-0.39, 0.29) is 17.9 Å². The van der Waals surface area contributed by atoms with Gasteiger partial charge in [0.2, 0.25) is 11.8 Å². The number of para-hydroxylation sites is 2. The minimum atomic E-state index is -0.237. The quantitative estimate of drug-likeness (QED) is 0.242. The van der Waals surface area contributed by atoms with Gasteiger partial charge in [0.15, 0.2) is 0 Å². The van der Waals surface area contributed by atoms with E-state index < -0.39 is 0 Å². The second-order valence-corrected chi connectivity index (χ2v) is 10.8. The van der Waals surface area contributed by atoms with E-state index in [9.17, 15) is 4.79 Å². The van der Waals surface area contributed by atoms with Gasteiger partial charge in [-0.25, -0.2) is 9.97 Å². The Balaban J connectivity index is 1.19. The summed E-state index contributed by atoms with van der Waals surface area (Å²) in [6, 6.07) is 20.3. The fourth-order valence-corrected chi connectivity index (χ4v) is 5.77. The number of piperidine rings is 1. The van der Waals surface area contributed by atoms with Crippen LogP contribution in [0.4, 0.5) is 0 Å². The van der Waals surface area contributed by atoms with Crippen molar-refractivity contribution in [1.82, 2.24) is 19.4 Å². The zero-order chi connectivity index (χ0) is 28.6. The minimum Gasteiger partial charge on any atom is -0.478 e. The predicted octanol–water partition coefficient (Wildman–Crippen LogP) is 5.20. The first-order chi connectivity index (χ1) is 20.1. The zero-order valence-electron chi connectivity index (χ0n) is 24.2. The normalized spacial score (nSPS) is 16.2. The van der Waals surface area contributed by atoms with Crippen LogP contribution in [-0.4, -0.2) is 64.8 Å². The van der Waals surface area contributed by atoms with Crippen molar-refractivity contribution in [2.75, 3.05) is 33.4 Å². The van der Waals surface area contributed by atoms with E-state index in [0.29, 0.717) is 38.5 Å². The maximum Gasteiger partial charge on any atom is 0.224 e. The Hall–Kier alpha value is -3.75. The molecular formula is C33H41N5O3. The van der Waals surface area contributed by atoms with Crippen LogP contribution in [0, 0.1) is 0 Å². The average molecular weight is 556 g/mol. The van der Waals surface area contributed by atoms with Crippen molar-refractivity contribution in [2.24, 2.45) is 5.73 Å². The maximum absolute atomic E-state index is 13.3. The lowest BCUT2D eigenvalue weighted by Crippen LogP contribution is -2.42. The average Bonchev–Trinajstić information content (AvgIpc) is 3.37. The van der Waals surface area contributed by atoms with Crippen LogP contribution < -0.4 is 10.5 Å². The molecule has 8 heteroatoms. The smallest absolute Gasteiger partial charge is 0.224 e. The molecule has 216 valence electrons. The van der Waals surface area contributed by atoms with Crippen molar-refractivity contribution in [3.63, 3.8) is 0 Å². The van der Waals surface area contributed by atoms with Crippen molar-refractivity contribution < 1.29 is 14.3 Å². The second kappa shape index (κ2) is 13.7. The highest BCUT2D eigenvalue weighted by atomic mass is 16.5. The van der Waals surface area contributed by atoms with E-state index in [0.717, 1.165) is 65.9 Å². The number of imidazole rings is 1. The number of aryl methyl sites for hydroxylation is 1. The number of hydrogen-bond acceptors (Lipinski definition) is 6. The number of amides is 1. The fraction of sp³-hybridized carbons (Fsp3) is 0.424. The van der Waals surface area contributed by atoms with Crippen LogP contribution in [0.2, 0.25) is 0 Å². The summed E-state index contributed by atoms with van der Waals surface area (Å²) in [5.41, 5.74) is 11.9. The molecule has 1 saturated heterocycles. The standard InChI is InChI=1S/C33H41N5O3/c1-3-41-31-16-15-26(22-35-31)25-13-11-24(12-14-25)20-28(34)21-32(39)37-17-6-8-27(23-37)33-36-29-9-4-5-10-30(29)38(33)18-7-19-40-2/h4-5,9-16,22,27-28H,3,6-8,17-21,23,34H2,1-2H3. The molecule has 1 aliphatic heterocycles. The molecule has 2 aromatic carbocycles. The Kier molecular flexibility index (Phi) is 9.64. The van der Waals surface area contributed by atoms with Gasteiger partial charge >= 0.3 is 0 Å². The number of nitrogens with two attached hydrogens (primary N) is 1. The number of aromatic nitrogens is 3. The summed E-state index contributed by atoms with van der Waals surface area (Å²) < 4.78 is 13.1. The van der Waals surface area contributed by atoms with E-state index in [1.54, 1.807) is 7.11 Å². The van der Waals surface area contributed by atoms with Crippen molar-refractivity contribution in [1.29, 1.82) is 0 Å². The maximum atomic E-state index is 13.3. The van der Waals surface area contributed by atoms with Crippen LogP contribution in [0.5, 0.6) is 5.88 Å². The number of carbonyl (C=O) groups excluding carboxylic acids is 1. The Morgan fingerprint density at radius 1 is 1.10 bits per heavy atom. The van der Waals surface area contributed by atoms with Crippen LogP contribution in [-0.2, 0) is 22.5 Å². The van der Waals surface area contributed by atoms with Gasteiger partial charge in [-0.05, 0) is 61.9 Å². The molecule has 41 heavy (non-hydrogen) atoms. The Morgan fingerprint density at radius 2 is 1.90 bits per heavy atom. The number of fused-ring (bicyclic) bond motifs is 1. The minimum absolute atomic E-state index is 0.126. The number of likely N-dealkylation sites (tertiary alicyclic amines) is 1. The summed E-state index contributed by atoms with van der Waals surface area (Å²) in [6.45, 7) is 5.56. The molecule has 2 atom stereocenters. The first-order valence-electron chi connectivity index (χ1n) is 14.7. The molecule has 0 aliphatic carbocycles. The van der Waals surface area contributed by atoms with Crippen molar-refractivity contribution >= 4 is 16.9 Å². The number of nitrogens with zero attached hydrogens (tertiary/aromatic N) is 4. The molecule has 2 unspecified atom stereocenters. The molecule has 4 aromatic rings. The monoisotopic (exact) mass is 555 g/mol. The molecule has 0 bridgehead atoms. The summed E-state index contributed by atoms with van der Waals surface area (Å²) in [5, 5.41) is 0. The number of carbonyl (C=O) groups is 1. The Morgan fingerprint density at radius 3 is 2.66 bits per heavy atom. The van der Waals surface area contributed by atoms with E-state index in [4.69, 9.17) is 20.2 Å². The first-order valence-corrected chi connectivity index (χ1v) is 14.7.